The van der Waals surface area contributed by atoms with E-state index in [1.165, 1.54) is 13.2 Å². The Kier molecular flexibility index (Phi) is 5.45. The molecule has 0 aliphatic rings. The molecule has 3 N–H and O–H groups in total. The van der Waals surface area contributed by atoms with Gasteiger partial charge in [0.1, 0.15) is 0 Å². The van der Waals surface area contributed by atoms with Gasteiger partial charge in [-0.05, 0) is 45.8 Å². The third-order valence-electron chi connectivity index (χ3n) is 3.07. The lowest BCUT2D eigenvalue weighted by Crippen LogP contribution is -2.20. The van der Waals surface area contributed by atoms with E-state index in [1.807, 2.05) is 12.1 Å². The van der Waals surface area contributed by atoms with Crippen molar-refractivity contribution in [2.24, 2.45) is 5.73 Å². The molecular weight excluding hydrogens is 359 g/mol. The van der Waals surface area contributed by atoms with Crippen LogP contribution in [0.4, 0.5) is 10.1 Å². The largest absolute Gasteiger partial charge is 0.494 e. The van der Waals surface area contributed by atoms with E-state index < -0.39 is 5.82 Å². The smallest absolute Gasteiger partial charge is 0.165 e. The zero-order valence-corrected chi connectivity index (χ0v) is 13.7. The molecule has 1 atom stereocenters. The monoisotopic (exact) mass is 372 g/mol. The average molecular weight is 374 g/mol. The molecule has 0 amide bonds. The van der Waals surface area contributed by atoms with Gasteiger partial charge in [-0.1, -0.05) is 17.7 Å². The molecule has 0 aliphatic heterocycles. The van der Waals surface area contributed by atoms with Gasteiger partial charge in [-0.25, -0.2) is 4.39 Å². The summed E-state index contributed by atoms with van der Waals surface area (Å²) in [6.45, 7) is 0.383. The summed E-state index contributed by atoms with van der Waals surface area (Å²) in [5, 5.41) is 3.90. The van der Waals surface area contributed by atoms with Crippen LogP contribution in [0.1, 0.15) is 11.6 Å². The van der Waals surface area contributed by atoms with E-state index in [1.54, 1.807) is 18.2 Å². The first-order valence-electron chi connectivity index (χ1n) is 6.30. The number of hydrogen-bond acceptors (Lipinski definition) is 3. The van der Waals surface area contributed by atoms with Gasteiger partial charge in [0.15, 0.2) is 11.6 Å². The quantitative estimate of drug-likeness (QED) is 0.818. The van der Waals surface area contributed by atoms with Crippen molar-refractivity contribution in [2.45, 2.75) is 6.04 Å². The number of nitrogens with one attached hydrogen (secondary N) is 1. The molecule has 0 radical (unpaired) electrons. The Morgan fingerprint density at radius 3 is 2.71 bits per heavy atom. The molecule has 0 aliphatic carbocycles. The number of hydrogen-bond donors (Lipinski definition) is 2. The fraction of sp³-hybridized carbons (Fsp3) is 0.200. The predicted octanol–water partition coefficient (Wildman–Crippen LogP) is 4.36. The van der Waals surface area contributed by atoms with Crippen LogP contribution >= 0.6 is 27.5 Å². The Morgan fingerprint density at radius 1 is 1.33 bits per heavy atom. The van der Waals surface area contributed by atoms with Gasteiger partial charge in [-0.3, -0.25) is 0 Å². The number of benzene rings is 2. The van der Waals surface area contributed by atoms with Crippen molar-refractivity contribution in [1.29, 1.82) is 0 Å². The van der Waals surface area contributed by atoms with Gasteiger partial charge >= 0.3 is 0 Å². The summed E-state index contributed by atoms with van der Waals surface area (Å²) < 4.78 is 19.2. The molecule has 0 aromatic heterocycles. The van der Waals surface area contributed by atoms with Gasteiger partial charge in [-0.2, -0.15) is 0 Å². The minimum Gasteiger partial charge on any atom is -0.494 e. The first kappa shape index (κ1) is 16.1. The van der Waals surface area contributed by atoms with E-state index >= 15 is 0 Å². The summed E-state index contributed by atoms with van der Waals surface area (Å²) in [5.41, 5.74) is 7.54. The number of halogens is 3. The average Bonchev–Trinajstić information content (AvgIpc) is 2.49. The molecule has 0 heterocycles. The Labute approximate surface area is 136 Å². The second kappa shape index (κ2) is 7.11. The van der Waals surface area contributed by atoms with E-state index in [9.17, 15) is 4.39 Å². The van der Waals surface area contributed by atoms with Crippen LogP contribution in [0, 0.1) is 5.82 Å². The minimum atomic E-state index is -0.401. The third-order valence-corrected chi connectivity index (χ3v) is 4.29. The lowest BCUT2D eigenvalue weighted by molar-refractivity contribution is 0.386. The van der Waals surface area contributed by atoms with E-state index in [0.717, 1.165) is 15.7 Å². The van der Waals surface area contributed by atoms with Gasteiger partial charge in [0.25, 0.3) is 0 Å². The fourth-order valence-corrected chi connectivity index (χ4v) is 2.47. The molecule has 6 heteroatoms. The molecule has 2 rings (SSSR count). The zero-order valence-electron chi connectivity index (χ0n) is 11.4. The van der Waals surface area contributed by atoms with Gasteiger partial charge in [0, 0.05) is 22.8 Å². The minimum absolute atomic E-state index is 0.117. The molecule has 2 aromatic carbocycles. The Balaban J connectivity index is 2.24. The van der Waals surface area contributed by atoms with Crippen LogP contribution in [0.25, 0.3) is 0 Å². The van der Waals surface area contributed by atoms with Gasteiger partial charge in [0.2, 0.25) is 0 Å². The maximum Gasteiger partial charge on any atom is 0.165 e. The third kappa shape index (κ3) is 3.87. The maximum absolute atomic E-state index is 13.4. The van der Waals surface area contributed by atoms with Crippen molar-refractivity contribution in [3.63, 3.8) is 0 Å². The maximum atomic E-state index is 13.4. The van der Waals surface area contributed by atoms with Crippen LogP contribution in [-0.4, -0.2) is 13.7 Å². The highest BCUT2D eigenvalue weighted by molar-refractivity contribution is 9.10. The highest BCUT2D eigenvalue weighted by Crippen LogP contribution is 2.29. The van der Waals surface area contributed by atoms with Crippen LogP contribution in [0.15, 0.2) is 40.9 Å². The van der Waals surface area contributed by atoms with Crippen molar-refractivity contribution < 1.29 is 9.13 Å². The second-order valence-corrected chi connectivity index (χ2v) is 5.72. The molecule has 0 spiro atoms. The molecule has 0 fully saturated rings. The van der Waals surface area contributed by atoms with Crippen LogP contribution in [-0.2, 0) is 0 Å². The zero-order chi connectivity index (χ0) is 15.4. The second-order valence-electron chi connectivity index (χ2n) is 4.46. The Bertz CT molecular complexity index is 639. The topological polar surface area (TPSA) is 47.3 Å². The van der Waals surface area contributed by atoms with Crippen LogP contribution in [0.5, 0.6) is 5.75 Å². The molecule has 21 heavy (non-hydrogen) atoms. The number of methoxy groups -OCH3 is 1. The summed E-state index contributed by atoms with van der Waals surface area (Å²) in [6.07, 6.45) is 0. The molecule has 112 valence electrons. The van der Waals surface area contributed by atoms with E-state index in [4.69, 9.17) is 22.1 Å². The molecule has 0 bridgehead atoms. The highest BCUT2D eigenvalue weighted by atomic mass is 79.9. The van der Waals surface area contributed by atoms with Crippen LogP contribution in [0.3, 0.4) is 0 Å². The van der Waals surface area contributed by atoms with E-state index in [0.29, 0.717) is 11.6 Å². The Hall–Kier alpha value is -1.30. The summed E-state index contributed by atoms with van der Waals surface area (Å²) in [7, 11) is 1.43. The SMILES string of the molecule is COc1cc(NC(CN)c2ccc(Cl)c(Br)c2)ccc1F. The summed E-state index contributed by atoms with van der Waals surface area (Å²) in [5.74, 6) is -0.213. The highest BCUT2D eigenvalue weighted by Gasteiger charge is 2.12. The first-order chi connectivity index (χ1) is 10.0. The van der Waals surface area contributed by atoms with Crippen LogP contribution < -0.4 is 15.8 Å². The predicted molar refractivity (Wildman–Crippen MR) is 87.5 cm³/mol. The molecule has 1 unspecified atom stereocenters. The van der Waals surface area contributed by atoms with Crippen molar-refractivity contribution in [3.8, 4) is 5.75 Å². The number of ether oxygens (including phenoxy) is 1. The normalized spacial score (nSPS) is 12.0. The lowest BCUT2D eigenvalue weighted by Gasteiger charge is -2.19. The Morgan fingerprint density at radius 2 is 2.10 bits per heavy atom. The van der Waals surface area contributed by atoms with Gasteiger partial charge in [-0.15, -0.1) is 0 Å². The van der Waals surface area contributed by atoms with Crippen molar-refractivity contribution in [2.75, 3.05) is 19.0 Å². The van der Waals surface area contributed by atoms with Crippen molar-refractivity contribution in [3.05, 3.63) is 57.3 Å². The van der Waals surface area contributed by atoms with Crippen molar-refractivity contribution in [1.82, 2.24) is 0 Å². The molecule has 2 aromatic rings. The van der Waals surface area contributed by atoms with E-state index in [-0.39, 0.29) is 11.8 Å². The number of nitrogens with two attached hydrogens (primary N) is 1. The summed E-state index contributed by atoms with van der Waals surface area (Å²) in [6, 6.07) is 10.1. The number of rotatable bonds is 5. The standard InChI is InChI=1S/C15H15BrClFN2O/c1-21-15-7-10(3-5-13(15)18)20-14(8-19)9-2-4-12(17)11(16)6-9/h2-7,14,20H,8,19H2,1H3. The number of anilines is 1. The fourth-order valence-electron chi connectivity index (χ4n) is 1.96. The summed E-state index contributed by atoms with van der Waals surface area (Å²) in [4.78, 5) is 0. The summed E-state index contributed by atoms with van der Waals surface area (Å²) >= 11 is 9.38. The molecule has 3 nitrogen and oxygen atoms in total. The van der Waals surface area contributed by atoms with Gasteiger partial charge in [0.05, 0.1) is 18.2 Å². The van der Waals surface area contributed by atoms with E-state index in [2.05, 4.69) is 21.2 Å². The van der Waals surface area contributed by atoms with Gasteiger partial charge < -0.3 is 15.8 Å². The molecule has 0 saturated carbocycles. The first-order valence-corrected chi connectivity index (χ1v) is 7.47. The lowest BCUT2D eigenvalue weighted by atomic mass is 10.1. The van der Waals surface area contributed by atoms with Crippen LogP contribution in [0.2, 0.25) is 5.02 Å². The molecule has 0 saturated heterocycles. The molecular formula is C15H15BrClFN2O. The van der Waals surface area contributed by atoms with Crippen molar-refractivity contribution >= 4 is 33.2 Å².